The van der Waals surface area contributed by atoms with Crippen LogP contribution in [0.15, 0.2) is 15.2 Å². The van der Waals surface area contributed by atoms with Crippen molar-refractivity contribution in [2.75, 3.05) is 5.88 Å². The zero-order valence-electron chi connectivity index (χ0n) is 9.30. The quantitative estimate of drug-likeness (QED) is 0.818. The van der Waals surface area contributed by atoms with E-state index in [1.807, 2.05) is 11.4 Å². The fraction of sp³-hybridized carbons (Fsp3) is 0.545. The lowest BCUT2D eigenvalue weighted by molar-refractivity contribution is 0.0937. The molecule has 0 aliphatic heterocycles. The summed E-state index contributed by atoms with van der Waals surface area (Å²) in [5, 5.41) is 4.78. The smallest absolute Gasteiger partial charge is 0.252 e. The van der Waals surface area contributed by atoms with Crippen molar-refractivity contribution in [1.29, 1.82) is 0 Å². The zero-order valence-corrected chi connectivity index (χ0v) is 12.5. The summed E-state index contributed by atoms with van der Waals surface area (Å²) in [6.45, 7) is 4.24. The highest BCUT2D eigenvalue weighted by atomic mass is 79.9. The van der Waals surface area contributed by atoms with Crippen LogP contribution in [0.2, 0.25) is 0 Å². The Balaban J connectivity index is 2.55. The van der Waals surface area contributed by atoms with Crippen LogP contribution in [0.5, 0.6) is 0 Å². The molecule has 16 heavy (non-hydrogen) atoms. The monoisotopic (exact) mass is 323 g/mol. The van der Waals surface area contributed by atoms with Gasteiger partial charge < -0.3 is 5.32 Å². The normalized spacial score (nSPS) is 12.8. The van der Waals surface area contributed by atoms with E-state index in [1.54, 1.807) is 0 Å². The Bertz CT molecular complexity index is 354. The lowest BCUT2D eigenvalue weighted by Gasteiger charge is -2.17. The lowest BCUT2D eigenvalue weighted by Crippen LogP contribution is -2.36. The minimum atomic E-state index is -0.0479. The number of halogens is 2. The molecule has 1 aromatic heterocycles. The molecule has 2 nitrogen and oxygen atoms in total. The van der Waals surface area contributed by atoms with Crippen LogP contribution in [0.4, 0.5) is 0 Å². The number of carbonyl (C=O) groups excluding carboxylic acids is 1. The molecule has 1 heterocycles. The molecule has 90 valence electrons. The van der Waals surface area contributed by atoms with Crippen molar-refractivity contribution >= 4 is 44.8 Å². The van der Waals surface area contributed by atoms with Crippen molar-refractivity contribution in [3.8, 4) is 0 Å². The van der Waals surface area contributed by atoms with E-state index in [-0.39, 0.29) is 11.9 Å². The van der Waals surface area contributed by atoms with Gasteiger partial charge in [-0.05, 0) is 34.3 Å². The van der Waals surface area contributed by atoms with E-state index in [4.69, 9.17) is 11.6 Å². The summed E-state index contributed by atoms with van der Waals surface area (Å²) in [6.07, 6.45) is 0.903. The predicted octanol–water partition coefficient (Wildman–Crippen LogP) is 3.89. The molecule has 0 saturated heterocycles. The Morgan fingerprint density at radius 2 is 2.31 bits per heavy atom. The van der Waals surface area contributed by atoms with Crippen LogP contribution in [0.1, 0.15) is 30.6 Å². The lowest BCUT2D eigenvalue weighted by atomic mass is 10.1. The summed E-state index contributed by atoms with van der Waals surface area (Å²) >= 11 is 10.7. The van der Waals surface area contributed by atoms with Gasteiger partial charge in [0, 0.05) is 17.3 Å². The van der Waals surface area contributed by atoms with Gasteiger partial charge in [-0.1, -0.05) is 13.8 Å². The molecule has 5 heteroatoms. The molecule has 1 amide bonds. The molecule has 0 fully saturated rings. The van der Waals surface area contributed by atoms with Crippen LogP contribution in [0, 0.1) is 5.92 Å². The Hall–Kier alpha value is -0.0600. The van der Waals surface area contributed by atoms with E-state index in [2.05, 4.69) is 35.1 Å². The van der Waals surface area contributed by atoms with Crippen molar-refractivity contribution in [2.24, 2.45) is 5.92 Å². The van der Waals surface area contributed by atoms with Crippen LogP contribution in [-0.2, 0) is 0 Å². The summed E-state index contributed by atoms with van der Waals surface area (Å²) in [4.78, 5) is 11.8. The summed E-state index contributed by atoms with van der Waals surface area (Å²) < 4.78 is 0.962. The molecule has 0 bridgehead atoms. The molecule has 1 atom stereocenters. The molecule has 0 aliphatic rings. The van der Waals surface area contributed by atoms with Gasteiger partial charge in [0.25, 0.3) is 5.91 Å². The molecule has 1 rings (SSSR count). The van der Waals surface area contributed by atoms with Gasteiger partial charge in [-0.25, -0.2) is 0 Å². The van der Waals surface area contributed by atoms with Crippen LogP contribution in [0.25, 0.3) is 0 Å². The van der Waals surface area contributed by atoms with Crippen molar-refractivity contribution in [1.82, 2.24) is 5.32 Å². The van der Waals surface area contributed by atoms with Crippen LogP contribution in [0.3, 0.4) is 0 Å². The fourth-order valence-corrected chi connectivity index (χ4v) is 2.77. The SMILES string of the molecule is CC(C)CC(CCl)NC(=O)c1csc(Br)c1. The Morgan fingerprint density at radius 3 is 2.75 bits per heavy atom. The highest BCUT2D eigenvalue weighted by Crippen LogP contribution is 2.20. The predicted molar refractivity (Wildman–Crippen MR) is 73.4 cm³/mol. The highest BCUT2D eigenvalue weighted by molar-refractivity contribution is 9.11. The second kappa shape index (κ2) is 6.62. The van der Waals surface area contributed by atoms with Crippen molar-refractivity contribution in [2.45, 2.75) is 26.3 Å². The first-order valence-corrected chi connectivity index (χ1v) is 7.34. The average molecular weight is 325 g/mol. The van der Waals surface area contributed by atoms with E-state index in [9.17, 15) is 4.79 Å². The molecule has 1 aromatic rings. The summed E-state index contributed by atoms with van der Waals surface area (Å²) in [5.74, 6) is 0.932. The number of amides is 1. The van der Waals surface area contributed by atoms with Gasteiger partial charge in [-0.15, -0.1) is 22.9 Å². The highest BCUT2D eigenvalue weighted by Gasteiger charge is 2.15. The molecular weight excluding hydrogens is 310 g/mol. The molecule has 1 unspecified atom stereocenters. The first-order valence-electron chi connectivity index (χ1n) is 5.13. The minimum absolute atomic E-state index is 0.0479. The molecule has 1 N–H and O–H groups in total. The number of alkyl halides is 1. The number of thiophene rings is 1. The minimum Gasteiger partial charge on any atom is -0.348 e. The first-order chi connectivity index (χ1) is 7.52. The third-order valence-electron chi connectivity index (χ3n) is 2.11. The topological polar surface area (TPSA) is 29.1 Å². The molecule has 0 aromatic carbocycles. The van der Waals surface area contributed by atoms with Crippen LogP contribution >= 0.6 is 38.9 Å². The molecule has 0 spiro atoms. The maximum absolute atomic E-state index is 11.8. The number of nitrogens with one attached hydrogen (secondary N) is 1. The van der Waals surface area contributed by atoms with E-state index in [0.717, 1.165) is 10.2 Å². The number of hydrogen-bond acceptors (Lipinski definition) is 2. The Kier molecular flexibility index (Phi) is 5.79. The number of rotatable bonds is 5. The van der Waals surface area contributed by atoms with Crippen molar-refractivity contribution in [3.05, 3.63) is 20.8 Å². The van der Waals surface area contributed by atoms with Gasteiger partial charge in [0.05, 0.1) is 9.35 Å². The van der Waals surface area contributed by atoms with E-state index >= 15 is 0 Å². The van der Waals surface area contributed by atoms with Crippen LogP contribution < -0.4 is 5.32 Å². The third kappa shape index (κ3) is 4.44. The second-order valence-corrected chi connectivity index (χ2v) is 6.69. The van der Waals surface area contributed by atoms with Crippen LogP contribution in [-0.4, -0.2) is 17.8 Å². The molecular formula is C11H15BrClNOS. The van der Waals surface area contributed by atoms with Gasteiger partial charge in [0.1, 0.15) is 0 Å². The van der Waals surface area contributed by atoms with Crippen molar-refractivity contribution < 1.29 is 4.79 Å². The number of hydrogen-bond donors (Lipinski definition) is 1. The van der Waals surface area contributed by atoms with Gasteiger partial charge >= 0.3 is 0 Å². The Morgan fingerprint density at radius 1 is 1.62 bits per heavy atom. The maximum atomic E-state index is 11.8. The third-order valence-corrected chi connectivity index (χ3v) is 3.98. The molecule has 0 radical (unpaired) electrons. The second-order valence-electron chi connectivity index (χ2n) is 4.09. The first kappa shape index (κ1) is 14.0. The maximum Gasteiger partial charge on any atom is 0.252 e. The standard InChI is InChI=1S/C11H15BrClNOS/c1-7(2)3-9(5-13)14-11(15)8-4-10(12)16-6-8/h4,6-7,9H,3,5H2,1-2H3,(H,14,15). The van der Waals surface area contributed by atoms with Crippen molar-refractivity contribution in [3.63, 3.8) is 0 Å². The summed E-state index contributed by atoms with van der Waals surface area (Å²) in [7, 11) is 0. The Labute approximate surface area is 114 Å². The fourth-order valence-electron chi connectivity index (χ4n) is 1.43. The summed E-state index contributed by atoms with van der Waals surface area (Å²) in [6, 6.07) is 1.87. The van der Waals surface area contributed by atoms with E-state index < -0.39 is 0 Å². The summed E-state index contributed by atoms with van der Waals surface area (Å²) in [5.41, 5.74) is 0.691. The molecule has 0 aliphatic carbocycles. The largest absolute Gasteiger partial charge is 0.348 e. The van der Waals surface area contributed by atoms with E-state index in [0.29, 0.717) is 17.4 Å². The van der Waals surface area contributed by atoms with Gasteiger partial charge in [0.15, 0.2) is 0 Å². The van der Waals surface area contributed by atoms with Gasteiger partial charge in [-0.3, -0.25) is 4.79 Å². The van der Waals surface area contributed by atoms with Gasteiger partial charge in [-0.2, -0.15) is 0 Å². The van der Waals surface area contributed by atoms with E-state index in [1.165, 1.54) is 11.3 Å². The molecule has 0 saturated carbocycles. The van der Waals surface area contributed by atoms with Gasteiger partial charge in [0.2, 0.25) is 0 Å². The number of carbonyl (C=O) groups is 1. The average Bonchev–Trinajstić information content (AvgIpc) is 2.63. The zero-order chi connectivity index (χ0) is 12.1.